The van der Waals surface area contributed by atoms with Crippen molar-refractivity contribution in [2.24, 2.45) is 0 Å². The number of hydrogen-bond acceptors (Lipinski definition) is 2. The molecule has 0 fully saturated rings. The molecule has 0 aliphatic carbocycles. The Balaban J connectivity index is 1.96. The van der Waals surface area contributed by atoms with Gasteiger partial charge in [0.15, 0.2) is 5.78 Å². The van der Waals surface area contributed by atoms with Gasteiger partial charge in [0.25, 0.3) is 0 Å². The van der Waals surface area contributed by atoms with Gasteiger partial charge in [-0.25, -0.2) is 0 Å². The molecule has 2 nitrogen and oxygen atoms in total. The lowest BCUT2D eigenvalue weighted by Crippen LogP contribution is -2.20. The summed E-state index contributed by atoms with van der Waals surface area (Å²) in [5, 5.41) is 1.22. The standard InChI is InChI=1S/C15H10Cl2O2/c16-10-3-1-9(2-4-10)14-8-13(18)12-6-5-11(17)7-15(12)19-14/h1-7,14H,8H2. The van der Waals surface area contributed by atoms with E-state index in [4.69, 9.17) is 27.9 Å². The number of benzene rings is 2. The van der Waals surface area contributed by atoms with E-state index in [2.05, 4.69) is 0 Å². The predicted octanol–water partition coefficient (Wildman–Crippen LogP) is 4.70. The van der Waals surface area contributed by atoms with Crippen LogP contribution in [-0.4, -0.2) is 5.78 Å². The highest BCUT2D eigenvalue weighted by Gasteiger charge is 2.27. The lowest BCUT2D eigenvalue weighted by Gasteiger charge is -2.25. The molecular weight excluding hydrogens is 283 g/mol. The van der Waals surface area contributed by atoms with Gasteiger partial charge in [0.05, 0.1) is 12.0 Å². The average Bonchev–Trinajstić information content (AvgIpc) is 2.38. The Hall–Kier alpha value is -1.51. The summed E-state index contributed by atoms with van der Waals surface area (Å²) in [6.45, 7) is 0. The highest BCUT2D eigenvalue weighted by atomic mass is 35.5. The molecule has 3 rings (SSSR count). The molecule has 1 heterocycles. The second-order valence-corrected chi connectivity index (χ2v) is 5.30. The highest BCUT2D eigenvalue weighted by molar-refractivity contribution is 6.31. The van der Waals surface area contributed by atoms with E-state index in [1.807, 2.05) is 12.1 Å². The van der Waals surface area contributed by atoms with Crippen molar-refractivity contribution in [3.63, 3.8) is 0 Å². The quantitative estimate of drug-likeness (QED) is 0.761. The first-order chi connectivity index (χ1) is 9.13. The molecule has 0 N–H and O–H groups in total. The number of halogens is 2. The molecule has 0 radical (unpaired) electrons. The van der Waals surface area contributed by atoms with Crippen LogP contribution in [0.2, 0.25) is 10.0 Å². The van der Waals surface area contributed by atoms with Crippen LogP contribution in [0.25, 0.3) is 0 Å². The van der Waals surface area contributed by atoms with E-state index in [0.29, 0.717) is 27.8 Å². The maximum atomic E-state index is 12.1. The molecule has 19 heavy (non-hydrogen) atoms. The molecule has 0 saturated carbocycles. The summed E-state index contributed by atoms with van der Waals surface area (Å²) in [4.78, 5) is 12.1. The molecule has 0 saturated heterocycles. The number of ether oxygens (including phenoxy) is 1. The monoisotopic (exact) mass is 292 g/mol. The Kier molecular flexibility index (Phi) is 3.21. The van der Waals surface area contributed by atoms with Gasteiger partial charge in [-0.05, 0) is 35.9 Å². The number of hydrogen-bond donors (Lipinski definition) is 0. The Morgan fingerprint density at radius 1 is 1.00 bits per heavy atom. The van der Waals surface area contributed by atoms with Crippen molar-refractivity contribution >= 4 is 29.0 Å². The SMILES string of the molecule is O=C1CC(c2ccc(Cl)cc2)Oc2cc(Cl)ccc21. The summed E-state index contributed by atoms with van der Waals surface area (Å²) < 4.78 is 5.86. The van der Waals surface area contributed by atoms with Crippen molar-refractivity contribution in [1.82, 2.24) is 0 Å². The van der Waals surface area contributed by atoms with Gasteiger partial charge in [0.1, 0.15) is 11.9 Å². The van der Waals surface area contributed by atoms with E-state index in [9.17, 15) is 4.79 Å². The van der Waals surface area contributed by atoms with Gasteiger partial charge in [-0.1, -0.05) is 35.3 Å². The molecule has 2 aromatic rings. The van der Waals surface area contributed by atoms with Gasteiger partial charge in [0, 0.05) is 10.0 Å². The number of carbonyl (C=O) groups is 1. The molecule has 1 unspecified atom stereocenters. The fourth-order valence-corrected chi connectivity index (χ4v) is 2.45. The van der Waals surface area contributed by atoms with Crippen LogP contribution < -0.4 is 4.74 Å². The molecule has 0 amide bonds. The van der Waals surface area contributed by atoms with Crippen molar-refractivity contribution in [2.45, 2.75) is 12.5 Å². The molecule has 1 aliphatic rings. The third-order valence-corrected chi connectivity index (χ3v) is 3.61. The third-order valence-electron chi connectivity index (χ3n) is 3.13. The van der Waals surface area contributed by atoms with Gasteiger partial charge < -0.3 is 4.74 Å². The summed E-state index contributed by atoms with van der Waals surface area (Å²) >= 11 is 11.8. The molecule has 1 atom stereocenters. The minimum absolute atomic E-state index is 0.0675. The first-order valence-corrected chi connectivity index (χ1v) is 6.64. The fraction of sp³-hybridized carbons (Fsp3) is 0.133. The zero-order valence-corrected chi connectivity index (χ0v) is 11.4. The summed E-state index contributed by atoms with van der Waals surface area (Å²) in [5.74, 6) is 0.613. The Labute approximate surface area is 120 Å². The van der Waals surface area contributed by atoms with Crippen LogP contribution in [0.15, 0.2) is 42.5 Å². The second-order valence-electron chi connectivity index (χ2n) is 4.43. The predicted molar refractivity (Wildman–Crippen MR) is 75.2 cm³/mol. The van der Waals surface area contributed by atoms with Crippen LogP contribution in [0.1, 0.15) is 28.4 Å². The smallest absolute Gasteiger partial charge is 0.170 e. The topological polar surface area (TPSA) is 26.3 Å². The van der Waals surface area contributed by atoms with Gasteiger partial charge in [-0.15, -0.1) is 0 Å². The molecule has 1 aliphatic heterocycles. The first kappa shape index (κ1) is 12.5. The van der Waals surface area contributed by atoms with Gasteiger partial charge in [-0.2, -0.15) is 0 Å². The number of ketones is 1. The number of rotatable bonds is 1. The number of carbonyl (C=O) groups excluding carboxylic acids is 1. The Morgan fingerprint density at radius 3 is 2.42 bits per heavy atom. The largest absolute Gasteiger partial charge is 0.484 e. The lowest BCUT2D eigenvalue weighted by molar-refractivity contribution is 0.0850. The summed E-state index contributed by atoms with van der Waals surface area (Å²) in [5.41, 5.74) is 1.53. The van der Waals surface area contributed by atoms with Crippen LogP contribution in [0.4, 0.5) is 0 Å². The number of Topliss-reactive ketones (excluding diaryl/α,β-unsaturated/α-hetero) is 1. The Bertz CT molecular complexity index is 635. The van der Waals surface area contributed by atoms with E-state index in [0.717, 1.165) is 5.56 Å². The lowest BCUT2D eigenvalue weighted by atomic mass is 9.96. The van der Waals surface area contributed by atoms with Crippen molar-refractivity contribution in [3.05, 3.63) is 63.6 Å². The van der Waals surface area contributed by atoms with E-state index in [1.54, 1.807) is 30.3 Å². The fourth-order valence-electron chi connectivity index (χ4n) is 2.16. The minimum Gasteiger partial charge on any atom is -0.484 e. The summed E-state index contributed by atoms with van der Waals surface area (Å²) in [6.07, 6.45) is 0.0479. The van der Waals surface area contributed by atoms with E-state index < -0.39 is 0 Å². The van der Waals surface area contributed by atoms with E-state index in [1.165, 1.54) is 0 Å². The maximum Gasteiger partial charge on any atom is 0.170 e. The van der Waals surface area contributed by atoms with Crippen LogP contribution in [0.3, 0.4) is 0 Å². The second kappa shape index (κ2) is 4.87. The minimum atomic E-state index is -0.282. The highest BCUT2D eigenvalue weighted by Crippen LogP contribution is 2.36. The molecule has 0 aromatic heterocycles. The van der Waals surface area contributed by atoms with Crippen LogP contribution in [0, 0.1) is 0 Å². The van der Waals surface area contributed by atoms with Crippen LogP contribution in [-0.2, 0) is 0 Å². The summed E-state index contributed by atoms with van der Waals surface area (Å²) in [7, 11) is 0. The molecule has 4 heteroatoms. The van der Waals surface area contributed by atoms with Gasteiger partial charge >= 0.3 is 0 Å². The zero-order chi connectivity index (χ0) is 13.4. The summed E-state index contributed by atoms with van der Waals surface area (Å²) in [6, 6.07) is 12.4. The van der Waals surface area contributed by atoms with E-state index in [-0.39, 0.29) is 11.9 Å². The van der Waals surface area contributed by atoms with Crippen LogP contribution in [0.5, 0.6) is 5.75 Å². The molecule has 0 spiro atoms. The number of fused-ring (bicyclic) bond motifs is 1. The maximum absolute atomic E-state index is 12.1. The molecule has 0 bridgehead atoms. The molecule has 96 valence electrons. The molecular formula is C15H10Cl2O2. The zero-order valence-electron chi connectivity index (χ0n) is 9.90. The first-order valence-electron chi connectivity index (χ1n) is 5.88. The van der Waals surface area contributed by atoms with Crippen LogP contribution >= 0.6 is 23.2 Å². The third kappa shape index (κ3) is 2.46. The van der Waals surface area contributed by atoms with Crippen molar-refractivity contribution in [2.75, 3.05) is 0 Å². The van der Waals surface area contributed by atoms with Crippen molar-refractivity contribution < 1.29 is 9.53 Å². The molecule has 2 aromatic carbocycles. The van der Waals surface area contributed by atoms with Crippen molar-refractivity contribution in [3.8, 4) is 5.75 Å². The Morgan fingerprint density at radius 2 is 1.68 bits per heavy atom. The van der Waals surface area contributed by atoms with Gasteiger partial charge in [0.2, 0.25) is 0 Å². The van der Waals surface area contributed by atoms with E-state index >= 15 is 0 Å². The van der Waals surface area contributed by atoms with Gasteiger partial charge in [-0.3, -0.25) is 4.79 Å². The van der Waals surface area contributed by atoms with Crippen molar-refractivity contribution in [1.29, 1.82) is 0 Å². The normalized spacial score (nSPS) is 17.8. The average molecular weight is 293 g/mol.